The van der Waals surface area contributed by atoms with Gasteiger partial charge in [0.1, 0.15) is 11.9 Å². The maximum absolute atomic E-state index is 13.7. The number of halogens is 1. The van der Waals surface area contributed by atoms with Crippen LogP contribution in [0.15, 0.2) is 24.3 Å². The third-order valence-electron chi connectivity index (χ3n) is 5.34. The number of benzene rings is 1. The molecule has 0 saturated carbocycles. The molecule has 7 heteroatoms. The number of rotatable bonds is 6. The van der Waals surface area contributed by atoms with Gasteiger partial charge in [0.2, 0.25) is 5.91 Å². The van der Waals surface area contributed by atoms with Crippen LogP contribution >= 0.6 is 0 Å². The topological polar surface area (TPSA) is 64.7 Å². The smallest absolute Gasteiger partial charge is 0.315 e. The molecule has 2 saturated heterocycles. The number of nitrogens with one attached hydrogen (secondary N) is 2. The maximum atomic E-state index is 13.7. The highest BCUT2D eigenvalue weighted by Gasteiger charge is 2.30. The standard InChI is InChI=1S/C19H27FN4O2/c1-23(18(25)17-12-21-19(26)22-17)13-14-6-9-24(10-7-14)11-8-15-4-2-3-5-16(15)20/h2-5,14,17H,6-13H2,1H3,(H2,21,22,26). The highest BCUT2D eigenvalue weighted by atomic mass is 19.1. The average Bonchev–Trinajstić information content (AvgIpc) is 3.08. The van der Waals surface area contributed by atoms with Gasteiger partial charge in [-0.2, -0.15) is 0 Å². The zero-order chi connectivity index (χ0) is 18.5. The van der Waals surface area contributed by atoms with E-state index in [0.29, 0.717) is 19.0 Å². The number of amides is 3. The molecule has 3 rings (SSSR count). The Labute approximate surface area is 153 Å². The van der Waals surface area contributed by atoms with Gasteiger partial charge in [0.25, 0.3) is 0 Å². The van der Waals surface area contributed by atoms with Crippen LogP contribution in [-0.2, 0) is 11.2 Å². The summed E-state index contributed by atoms with van der Waals surface area (Å²) in [6, 6.07) is 6.22. The quantitative estimate of drug-likeness (QED) is 0.800. The van der Waals surface area contributed by atoms with Gasteiger partial charge >= 0.3 is 6.03 Å². The Morgan fingerprint density at radius 3 is 2.69 bits per heavy atom. The molecule has 142 valence electrons. The lowest BCUT2D eigenvalue weighted by molar-refractivity contribution is -0.132. The summed E-state index contributed by atoms with van der Waals surface area (Å²) in [7, 11) is 1.80. The van der Waals surface area contributed by atoms with E-state index >= 15 is 0 Å². The van der Waals surface area contributed by atoms with Crippen LogP contribution in [0.2, 0.25) is 0 Å². The normalized spacial score (nSPS) is 21.3. The van der Waals surface area contributed by atoms with Crippen molar-refractivity contribution < 1.29 is 14.0 Å². The highest BCUT2D eigenvalue weighted by molar-refractivity contribution is 5.90. The lowest BCUT2D eigenvalue weighted by Crippen LogP contribution is -2.46. The van der Waals surface area contributed by atoms with Crippen molar-refractivity contribution in [2.75, 3.05) is 39.8 Å². The van der Waals surface area contributed by atoms with Gasteiger partial charge in [-0.1, -0.05) is 18.2 Å². The molecule has 2 aliphatic rings. The number of urea groups is 1. The van der Waals surface area contributed by atoms with Crippen molar-refractivity contribution in [1.82, 2.24) is 20.4 Å². The second-order valence-electron chi connectivity index (χ2n) is 7.25. The minimum Gasteiger partial charge on any atom is -0.344 e. The Bertz CT molecular complexity index is 646. The van der Waals surface area contributed by atoms with Gasteiger partial charge in [-0.05, 0) is 49.9 Å². The Kier molecular flexibility index (Phi) is 6.08. The largest absolute Gasteiger partial charge is 0.344 e. The summed E-state index contributed by atoms with van der Waals surface area (Å²) in [6.07, 6.45) is 2.79. The summed E-state index contributed by atoms with van der Waals surface area (Å²) in [6.45, 7) is 3.89. The van der Waals surface area contributed by atoms with Crippen molar-refractivity contribution in [3.8, 4) is 0 Å². The van der Waals surface area contributed by atoms with Crippen molar-refractivity contribution in [2.45, 2.75) is 25.3 Å². The van der Waals surface area contributed by atoms with E-state index in [4.69, 9.17) is 0 Å². The fourth-order valence-corrected chi connectivity index (χ4v) is 3.72. The number of carbonyl (C=O) groups is 2. The highest BCUT2D eigenvalue weighted by Crippen LogP contribution is 2.19. The zero-order valence-corrected chi connectivity index (χ0v) is 15.2. The Balaban J connectivity index is 1.39. The SMILES string of the molecule is CN(CC1CCN(CCc2ccccc2F)CC1)C(=O)C1CNC(=O)N1. The number of nitrogens with zero attached hydrogens (tertiary/aromatic N) is 2. The molecular weight excluding hydrogens is 335 g/mol. The van der Waals surface area contributed by atoms with Crippen LogP contribution in [0.25, 0.3) is 0 Å². The molecule has 2 fully saturated rings. The molecule has 6 nitrogen and oxygen atoms in total. The van der Waals surface area contributed by atoms with Crippen LogP contribution < -0.4 is 10.6 Å². The molecule has 1 aromatic rings. The van der Waals surface area contributed by atoms with E-state index in [-0.39, 0.29) is 17.8 Å². The molecule has 0 bridgehead atoms. The van der Waals surface area contributed by atoms with E-state index in [2.05, 4.69) is 15.5 Å². The van der Waals surface area contributed by atoms with Gasteiger partial charge in [0.15, 0.2) is 0 Å². The van der Waals surface area contributed by atoms with Crippen LogP contribution in [0, 0.1) is 11.7 Å². The fraction of sp³-hybridized carbons (Fsp3) is 0.579. The second-order valence-corrected chi connectivity index (χ2v) is 7.25. The molecular formula is C19H27FN4O2. The molecule has 0 aromatic heterocycles. The summed E-state index contributed by atoms with van der Waals surface area (Å²) in [5.41, 5.74) is 0.771. The first-order chi connectivity index (χ1) is 12.5. The van der Waals surface area contributed by atoms with Crippen LogP contribution in [0.5, 0.6) is 0 Å². The Morgan fingerprint density at radius 1 is 1.31 bits per heavy atom. The van der Waals surface area contributed by atoms with Gasteiger partial charge in [-0.15, -0.1) is 0 Å². The summed E-state index contributed by atoms with van der Waals surface area (Å²) >= 11 is 0. The van der Waals surface area contributed by atoms with Crippen LogP contribution in [0.1, 0.15) is 18.4 Å². The number of hydrogen-bond acceptors (Lipinski definition) is 3. The minimum absolute atomic E-state index is 0.0367. The first-order valence-corrected chi connectivity index (χ1v) is 9.28. The predicted molar refractivity (Wildman–Crippen MR) is 97.2 cm³/mol. The van der Waals surface area contributed by atoms with Gasteiger partial charge < -0.3 is 20.4 Å². The van der Waals surface area contributed by atoms with E-state index in [1.807, 2.05) is 12.1 Å². The lowest BCUT2D eigenvalue weighted by atomic mass is 9.95. The number of piperidine rings is 1. The van der Waals surface area contributed by atoms with Gasteiger partial charge in [0.05, 0.1) is 0 Å². The van der Waals surface area contributed by atoms with E-state index < -0.39 is 6.04 Å². The Hall–Kier alpha value is -2.15. The molecule has 1 unspecified atom stereocenters. The van der Waals surface area contributed by atoms with Crippen molar-refractivity contribution in [3.63, 3.8) is 0 Å². The monoisotopic (exact) mass is 362 g/mol. The summed E-state index contributed by atoms with van der Waals surface area (Å²) in [5.74, 6) is 0.306. The molecule has 2 N–H and O–H groups in total. The summed E-state index contributed by atoms with van der Waals surface area (Å²) in [4.78, 5) is 27.6. The minimum atomic E-state index is -0.451. The third-order valence-corrected chi connectivity index (χ3v) is 5.34. The van der Waals surface area contributed by atoms with Crippen LogP contribution in [-0.4, -0.2) is 67.6 Å². The molecule has 3 amide bonds. The number of hydrogen-bond donors (Lipinski definition) is 2. The molecule has 0 aliphatic carbocycles. The number of carbonyl (C=O) groups excluding carboxylic acids is 2. The lowest BCUT2D eigenvalue weighted by Gasteiger charge is -2.34. The third kappa shape index (κ3) is 4.72. The second kappa shape index (κ2) is 8.49. The van der Waals surface area contributed by atoms with Crippen molar-refractivity contribution in [1.29, 1.82) is 0 Å². The number of likely N-dealkylation sites (tertiary alicyclic amines) is 1. The van der Waals surface area contributed by atoms with Crippen molar-refractivity contribution in [2.24, 2.45) is 5.92 Å². The van der Waals surface area contributed by atoms with Gasteiger partial charge in [-0.25, -0.2) is 9.18 Å². The molecule has 26 heavy (non-hydrogen) atoms. The average molecular weight is 362 g/mol. The van der Waals surface area contributed by atoms with Crippen LogP contribution in [0.3, 0.4) is 0 Å². The number of likely N-dealkylation sites (N-methyl/N-ethyl adjacent to an activating group) is 1. The first kappa shape index (κ1) is 18.6. The van der Waals surface area contributed by atoms with E-state index in [0.717, 1.165) is 44.5 Å². The molecule has 2 heterocycles. The van der Waals surface area contributed by atoms with Gasteiger partial charge in [-0.3, -0.25) is 4.79 Å². The Morgan fingerprint density at radius 2 is 2.04 bits per heavy atom. The van der Waals surface area contributed by atoms with Crippen molar-refractivity contribution in [3.05, 3.63) is 35.6 Å². The van der Waals surface area contributed by atoms with Gasteiger partial charge in [0, 0.05) is 26.7 Å². The van der Waals surface area contributed by atoms with E-state index in [1.165, 1.54) is 6.07 Å². The fourth-order valence-electron chi connectivity index (χ4n) is 3.72. The molecule has 0 radical (unpaired) electrons. The predicted octanol–water partition coefficient (Wildman–Crippen LogP) is 1.22. The summed E-state index contributed by atoms with van der Waals surface area (Å²) < 4.78 is 13.7. The zero-order valence-electron chi connectivity index (χ0n) is 15.2. The molecule has 2 aliphatic heterocycles. The first-order valence-electron chi connectivity index (χ1n) is 9.28. The van der Waals surface area contributed by atoms with E-state index in [1.54, 1.807) is 18.0 Å². The summed E-state index contributed by atoms with van der Waals surface area (Å²) in [5, 5.41) is 5.25. The van der Waals surface area contributed by atoms with E-state index in [9.17, 15) is 14.0 Å². The molecule has 0 spiro atoms. The molecule has 1 aromatic carbocycles. The molecule has 1 atom stereocenters. The van der Waals surface area contributed by atoms with Crippen LogP contribution in [0.4, 0.5) is 9.18 Å². The maximum Gasteiger partial charge on any atom is 0.315 e. The van der Waals surface area contributed by atoms with Crippen molar-refractivity contribution >= 4 is 11.9 Å².